The zero-order valence-electron chi connectivity index (χ0n) is 22.6. The highest BCUT2D eigenvalue weighted by Gasteiger charge is 2.56. The molecular formula is C25H47N5O10. The van der Waals surface area contributed by atoms with Crippen molar-refractivity contribution >= 4 is 0 Å². The van der Waals surface area contributed by atoms with Crippen LogP contribution in [-0.4, -0.2) is 136 Å². The van der Waals surface area contributed by atoms with Crippen molar-refractivity contribution in [3.05, 3.63) is 0 Å². The standard InChI is InChI=1S/C25H47N5O10/c26-7-13-19(34)12(32)6-16(36-13)39-22-14(8-31)37-24(20(22)35)40-23-17(10(28)5-11(29)18(23)33)21-9(27)1-2-15(38-21)25(30)3-4-25/h9-24,31-35H,1-8,26-30H2/t9-,10+,11-,12-,13+,14-,15+,16-,17+,18+,19+,20-,21?,22-,23+,24+/m1/s1. The number of aliphatic hydroxyl groups excluding tert-OH is 5. The van der Waals surface area contributed by atoms with Gasteiger partial charge >= 0.3 is 0 Å². The molecule has 0 aromatic rings. The Morgan fingerprint density at radius 2 is 1.50 bits per heavy atom. The summed E-state index contributed by atoms with van der Waals surface area (Å²) < 4.78 is 30.0. The number of ether oxygens (including phenoxy) is 5. The van der Waals surface area contributed by atoms with Crippen LogP contribution >= 0.6 is 0 Å². The molecule has 3 saturated heterocycles. The van der Waals surface area contributed by atoms with Gasteiger partial charge in [-0.2, -0.15) is 0 Å². The van der Waals surface area contributed by atoms with Gasteiger partial charge in [-0.25, -0.2) is 0 Å². The lowest BCUT2D eigenvalue weighted by Crippen LogP contribution is -2.67. The molecule has 40 heavy (non-hydrogen) atoms. The van der Waals surface area contributed by atoms with Gasteiger partial charge in [0.2, 0.25) is 0 Å². The monoisotopic (exact) mass is 577 g/mol. The fourth-order valence-corrected chi connectivity index (χ4v) is 6.72. The molecule has 16 atom stereocenters. The van der Waals surface area contributed by atoms with Crippen LogP contribution in [0.5, 0.6) is 0 Å². The highest BCUT2D eigenvalue weighted by Crippen LogP contribution is 2.44. The minimum atomic E-state index is -1.42. The number of rotatable bonds is 8. The lowest BCUT2D eigenvalue weighted by molar-refractivity contribution is -0.272. The third-order valence-electron chi connectivity index (χ3n) is 9.39. The second kappa shape index (κ2) is 12.2. The van der Waals surface area contributed by atoms with E-state index < -0.39 is 92.1 Å². The smallest absolute Gasteiger partial charge is 0.187 e. The van der Waals surface area contributed by atoms with E-state index in [0.29, 0.717) is 12.8 Å². The van der Waals surface area contributed by atoms with E-state index >= 15 is 0 Å². The topological polar surface area (TPSA) is 277 Å². The van der Waals surface area contributed by atoms with E-state index in [1.165, 1.54) is 0 Å². The molecule has 0 radical (unpaired) electrons. The molecule has 2 aliphatic carbocycles. The molecule has 3 heterocycles. The van der Waals surface area contributed by atoms with Crippen LogP contribution in [0.1, 0.15) is 38.5 Å². The second-order valence-corrected chi connectivity index (χ2v) is 12.2. The molecule has 0 amide bonds. The van der Waals surface area contributed by atoms with Gasteiger partial charge in [0.1, 0.15) is 30.5 Å². The zero-order chi connectivity index (χ0) is 28.9. The maximum absolute atomic E-state index is 11.2. The molecule has 1 unspecified atom stereocenters. The summed E-state index contributed by atoms with van der Waals surface area (Å²) in [5.74, 6) is -0.582. The van der Waals surface area contributed by atoms with Crippen LogP contribution < -0.4 is 28.7 Å². The van der Waals surface area contributed by atoms with Gasteiger partial charge in [-0.1, -0.05) is 0 Å². The Morgan fingerprint density at radius 1 is 0.775 bits per heavy atom. The van der Waals surface area contributed by atoms with Crippen LogP contribution in [-0.2, 0) is 23.7 Å². The normalized spacial score (nSPS) is 53.0. The average molecular weight is 578 g/mol. The highest BCUT2D eigenvalue weighted by molar-refractivity contribution is 5.10. The van der Waals surface area contributed by atoms with Crippen LogP contribution in [0.3, 0.4) is 0 Å². The van der Waals surface area contributed by atoms with Gasteiger partial charge in [0.05, 0.1) is 37.1 Å². The molecule has 15 heteroatoms. The first kappa shape index (κ1) is 30.8. The summed E-state index contributed by atoms with van der Waals surface area (Å²) in [6.45, 7) is -0.581. The molecule has 3 aliphatic heterocycles. The Balaban J connectivity index is 1.31. The molecule has 0 aromatic heterocycles. The minimum absolute atomic E-state index is 0.0596. The first-order chi connectivity index (χ1) is 19.0. The molecule has 15 nitrogen and oxygen atoms in total. The van der Waals surface area contributed by atoms with Crippen LogP contribution in [0.15, 0.2) is 0 Å². The van der Waals surface area contributed by atoms with Crippen molar-refractivity contribution < 1.29 is 49.2 Å². The van der Waals surface area contributed by atoms with Gasteiger partial charge in [0.25, 0.3) is 0 Å². The lowest BCUT2D eigenvalue weighted by atomic mass is 9.72. The van der Waals surface area contributed by atoms with Gasteiger partial charge in [-0.15, -0.1) is 0 Å². The van der Waals surface area contributed by atoms with Crippen LogP contribution in [0.2, 0.25) is 0 Å². The lowest BCUT2D eigenvalue weighted by Gasteiger charge is -2.50. The zero-order valence-corrected chi connectivity index (χ0v) is 22.6. The molecule has 0 bridgehead atoms. The maximum Gasteiger partial charge on any atom is 0.187 e. The average Bonchev–Trinajstić information content (AvgIpc) is 3.61. The first-order valence-corrected chi connectivity index (χ1v) is 14.3. The molecular weight excluding hydrogens is 530 g/mol. The predicted molar refractivity (Wildman–Crippen MR) is 138 cm³/mol. The quantitative estimate of drug-likeness (QED) is 0.129. The van der Waals surface area contributed by atoms with Crippen LogP contribution in [0, 0.1) is 5.92 Å². The summed E-state index contributed by atoms with van der Waals surface area (Å²) >= 11 is 0. The number of hydrogen-bond donors (Lipinski definition) is 10. The molecule has 15 N–H and O–H groups in total. The number of nitrogens with two attached hydrogens (primary N) is 5. The molecule has 2 saturated carbocycles. The van der Waals surface area contributed by atoms with Crippen molar-refractivity contribution in [3.63, 3.8) is 0 Å². The minimum Gasteiger partial charge on any atom is -0.394 e. The first-order valence-electron chi connectivity index (χ1n) is 14.3. The molecule has 0 aromatic carbocycles. The summed E-state index contributed by atoms with van der Waals surface area (Å²) in [6.07, 6.45) is -8.71. The largest absolute Gasteiger partial charge is 0.394 e. The van der Waals surface area contributed by atoms with E-state index in [2.05, 4.69) is 0 Å². The SMILES string of the molecule is NC[C@@H]1O[C@H](O[C@H]2[C@@H](O)[C@H](O[C@@H]3[C@@H](O)[C@H](N)C[C@H](N)[C@H]3C3O[C@H](C4(N)CC4)CC[C@H]3N)O[C@@H]2CO)C[C@@H](O)[C@@H]1O. The van der Waals surface area contributed by atoms with E-state index in [0.717, 1.165) is 19.3 Å². The predicted octanol–water partition coefficient (Wildman–Crippen LogP) is -4.97. The van der Waals surface area contributed by atoms with E-state index in [4.69, 9.17) is 52.4 Å². The maximum atomic E-state index is 11.2. The number of aliphatic hydroxyl groups is 5. The third kappa shape index (κ3) is 5.93. The van der Waals surface area contributed by atoms with Crippen molar-refractivity contribution in [2.45, 2.75) is 136 Å². The Morgan fingerprint density at radius 3 is 2.15 bits per heavy atom. The molecule has 5 fully saturated rings. The Hall–Kier alpha value is -0.600. The summed E-state index contributed by atoms with van der Waals surface area (Å²) in [5, 5.41) is 52.6. The molecule has 5 rings (SSSR count). The van der Waals surface area contributed by atoms with E-state index in [1.54, 1.807) is 0 Å². The summed E-state index contributed by atoms with van der Waals surface area (Å²) in [6, 6.07) is -1.60. The fraction of sp³-hybridized carbons (Fsp3) is 1.00. The molecule has 232 valence electrons. The van der Waals surface area contributed by atoms with Crippen molar-refractivity contribution in [2.75, 3.05) is 13.2 Å². The number of hydrogen-bond acceptors (Lipinski definition) is 15. The van der Waals surface area contributed by atoms with Crippen molar-refractivity contribution in [2.24, 2.45) is 34.6 Å². The molecule has 0 spiro atoms. The van der Waals surface area contributed by atoms with Gasteiger partial charge in [-0.3, -0.25) is 0 Å². The summed E-state index contributed by atoms with van der Waals surface area (Å²) in [7, 11) is 0. The van der Waals surface area contributed by atoms with Crippen molar-refractivity contribution in [1.29, 1.82) is 0 Å². The fourth-order valence-electron chi connectivity index (χ4n) is 6.72. The Kier molecular flexibility index (Phi) is 9.39. The van der Waals surface area contributed by atoms with Crippen molar-refractivity contribution in [1.82, 2.24) is 0 Å². The van der Waals surface area contributed by atoms with Gasteiger partial charge in [0.15, 0.2) is 12.6 Å². The van der Waals surface area contributed by atoms with Gasteiger partial charge < -0.3 is 77.9 Å². The highest BCUT2D eigenvalue weighted by atomic mass is 16.7. The van der Waals surface area contributed by atoms with Gasteiger partial charge in [-0.05, 0) is 32.1 Å². The Bertz CT molecular complexity index is 859. The van der Waals surface area contributed by atoms with E-state index in [-0.39, 0.29) is 30.7 Å². The van der Waals surface area contributed by atoms with E-state index in [1.807, 2.05) is 0 Å². The van der Waals surface area contributed by atoms with Crippen LogP contribution in [0.25, 0.3) is 0 Å². The Labute approximate surface area is 233 Å². The molecule has 5 aliphatic rings. The van der Waals surface area contributed by atoms with Crippen molar-refractivity contribution in [3.8, 4) is 0 Å². The second-order valence-electron chi connectivity index (χ2n) is 12.2. The summed E-state index contributed by atoms with van der Waals surface area (Å²) in [5.41, 5.74) is 31.0. The van der Waals surface area contributed by atoms with Crippen LogP contribution in [0.4, 0.5) is 0 Å². The van der Waals surface area contributed by atoms with Gasteiger partial charge in [0, 0.05) is 42.5 Å². The third-order valence-corrected chi connectivity index (χ3v) is 9.39. The van der Waals surface area contributed by atoms with E-state index in [9.17, 15) is 25.5 Å². The summed E-state index contributed by atoms with van der Waals surface area (Å²) in [4.78, 5) is 0.